The Bertz CT molecular complexity index is 1960. The molecule has 40 heavy (non-hydrogen) atoms. The number of benzene rings is 3. The van der Waals surface area contributed by atoms with Gasteiger partial charge in [0.25, 0.3) is 0 Å². The first kappa shape index (κ1) is 23.6. The van der Waals surface area contributed by atoms with E-state index in [1.165, 1.54) is 0 Å². The lowest BCUT2D eigenvalue weighted by molar-refractivity contribution is 0.305. The number of nitrogens with one attached hydrogen (secondary N) is 2. The van der Waals surface area contributed by atoms with E-state index in [1.54, 1.807) is 19.5 Å². The van der Waals surface area contributed by atoms with Gasteiger partial charge in [0.2, 0.25) is 0 Å². The van der Waals surface area contributed by atoms with Crippen LogP contribution in [0.2, 0.25) is 0 Å². The fourth-order valence-corrected chi connectivity index (χ4v) is 4.77. The summed E-state index contributed by atoms with van der Waals surface area (Å²) in [4.78, 5) is 17.7. The van der Waals surface area contributed by atoms with Crippen molar-refractivity contribution in [3.05, 3.63) is 109 Å². The molecule has 0 aliphatic heterocycles. The van der Waals surface area contributed by atoms with Gasteiger partial charge in [-0.15, -0.1) is 0 Å². The summed E-state index contributed by atoms with van der Waals surface area (Å²) in [5, 5.41) is 7.66. The fourth-order valence-electron chi connectivity index (χ4n) is 4.77. The van der Waals surface area contributed by atoms with E-state index in [0.717, 1.165) is 55.8 Å². The molecule has 0 spiro atoms. The maximum atomic E-state index is 5.98. The van der Waals surface area contributed by atoms with Crippen molar-refractivity contribution in [2.24, 2.45) is 0 Å². The number of methoxy groups -OCH3 is 1. The number of hydrogen-bond donors (Lipinski definition) is 2. The Kier molecular flexibility index (Phi) is 5.90. The predicted molar refractivity (Wildman–Crippen MR) is 155 cm³/mol. The van der Waals surface area contributed by atoms with Gasteiger partial charge in [0.15, 0.2) is 11.5 Å². The highest BCUT2D eigenvalue weighted by molar-refractivity contribution is 5.96. The molecule has 0 bridgehead atoms. The van der Waals surface area contributed by atoms with Gasteiger partial charge in [0, 0.05) is 17.3 Å². The third-order valence-electron chi connectivity index (χ3n) is 6.78. The maximum Gasteiger partial charge on any atom is 0.161 e. The quantitative estimate of drug-likeness (QED) is 0.237. The van der Waals surface area contributed by atoms with E-state index < -0.39 is 0 Å². The lowest BCUT2D eigenvalue weighted by Crippen LogP contribution is -1.96. The smallest absolute Gasteiger partial charge is 0.161 e. The highest BCUT2D eigenvalue weighted by Gasteiger charge is 2.17. The minimum atomic E-state index is 0.466. The molecular formula is C32H24N6O2. The number of fused-ring (bicyclic) bond motifs is 2. The van der Waals surface area contributed by atoms with E-state index in [1.807, 2.05) is 78.9 Å². The minimum absolute atomic E-state index is 0.466. The minimum Gasteiger partial charge on any atom is -0.497 e. The van der Waals surface area contributed by atoms with Crippen molar-refractivity contribution < 1.29 is 9.47 Å². The molecular weight excluding hydrogens is 500 g/mol. The second-order valence-corrected chi connectivity index (χ2v) is 9.37. The van der Waals surface area contributed by atoms with Crippen LogP contribution >= 0.6 is 0 Å². The summed E-state index contributed by atoms with van der Waals surface area (Å²) < 4.78 is 11.4. The molecule has 194 valence electrons. The molecule has 0 atom stereocenters. The van der Waals surface area contributed by atoms with Gasteiger partial charge in [-0.3, -0.25) is 10.1 Å². The number of nitrogens with zero attached hydrogens (tertiary/aromatic N) is 4. The summed E-state index contributed by atoms with van der Waals surface area (Å²) in [7, 11) is 1.67. The summed E-state index contributed by atoms with van der Waals surface area (Å²) in [6.45, 7) is 0.466. The third kappa shape index (κ3) is 4.41. The Morgan fingerprint density at radius 3 is 2.50 bits per heavy atom. The van der Waals surface area contributed by atoms with Gasteiger partial charge in [-0.25, -0.2) is 9.97 Å². The van der Waals surface area contributed by atoms with Crippen molar-refractivity contribution >= 4 is 22.1 Å². The van der Waals surface area contributed by atoms with Crippen LogP contribution in [0.1, 0.15) is 5.56 Å². The van der Waals surface area contributed by atoms with Crippen LogP contribution in [-0.4, -0.2) is 37.2 Å². The van der Waals surface area contributed by atoms with Crippen molar-refractivity contribution in [1.29, 1.82) is 0 Å². The van der Waals surface area contributed by atoms with Crippen LogP contribution < -0.4 is 9.47 Å². The number of imidazole rings is 1. The van der Waals surface area contributed by atoms with Gasteiger partial charge in [-0.05, 0) is 47.5 Å². The number of pyridine rings is 2. The van der Waals surface area contributed by atoms with E-state index in [4.69, 9.17) is 19.4 Å². The van der Waals surface area contributed by atoms with Gasteiger partial charge >= 0.3 is 0 Å². The molecule has 0 aliphatic rings. The fraction of sp³-hybridized carbons (Fsp3) is 0.0625. The average molecular weight is 525 g/mol. The van der Waals surface area contributed by atoms with E-state index in [-0.39, 0.29) is 0 Å². The number of rotatable bonds is 7. The zero-order valence-electron chi connectivity index (χ0n) is 21.6. The molecule has 7 rings (SSSR count). The second kappa shape index (κ2) is 9.99. The molecule has 0 fully saturated rings. The van der Waals surface area contributed by atoms with Crippen LogP contribution in [0.25, 0.3) is 56.0 Å². The van der Waals surface area contributed by atoms with Crippen LogP contribution in [0.15, 0.2) is 103 Å². The second-order valence-electron chi connectivity index (χ2n) is 9.37. The standard InChI is InChI=1S/C32H24N6O2/c1-39-23-10-5-9-21(15-23)25-11-6-12-27-29(25)36-32(35-27)31-30-28(37-38-31)14-13-26(34-30)22-16-24(18-33-17-22)40-19-20-7-3-2-4-8-20/h2-18H,19H2,1H3,(H,35,36)(H,37,38). The lowest BCUT2D eigenvalue weighted by Gasteiger charge is -2.08. The molecule has 3 aromatic carbocycles. The average Bonchev–Trinajstić information content (AvgIpc) is 3.64. The summed E-state index contributed by atoms with van der Waals surface area (Å²) in [6, 6.07) is 30.0. The molecule has 7 aromatic rings. The first-order valence-electron chi connectivity index (χ1n) is 12.9. The zero-order chi connectivity index (χ0) is 26.9. The third-order valence-corrected chi connectivity index (χ3v) is 6.78. The molecule has 0 amide bonds. The Morgan fingerprint density at radius 2 is 1.60 bits per heavy atom. The largest absolute Gasteiger partial charge is 0.497 e. The number of H-pyrrole nitrogens is 2. The Labute approximate surface area is 229 Å². The number of aromatic nitrogens is 6. The highest BCUT2D eigenvalue weighted by atomic mass is 16.5. The molecule has 0 saturated carbocycles. The summed E-state index contributed by atoms with van der Waals surface area (Å²) in [5.41, 5.74) is 8.69. The maximum absolute atomic E-state index is 5.98. The summed E-state index contributed by atoms with van der Waals surface area (Å²) >= 11 is 0. The Morgan fingerprint density at radius 1 is 0.725 bits per heavy atom. The van der Waals surface area contributed by atoms with E-state index in [0.29, 0.717) is 23.9 Å². The lowest BCUT2D eigenvalue weighted by atomic mass is 10.0. The molecule has 0 aliphatic carbocycles. The number of para-hydroxylation sites is 1. The Balaban J connectivity index is 1.24. The number of aromatic amines is 2. The first-order chi connectivity index (χ1) is 19.7. The normalized spacial score (nSPS) is 11.2. The van der Waals surface area contributed by atoms with Crippen molar-refractivity contribution in [2.75, 3.05) is 7.11 Å². The number of ether oxygens (including phenoxy) is 2. The summed E-state index contributed by atoms with van der Waals surface area (Å²) in [6.07, 6.45) is 3.49. The molecule has 4 heterocycles. The predicted octanol–water partition coefficient (Wildman–Crippen LogP) is 6.82. The van der Waals surface area contributed by atoms with Gasteiger partial charge in [-0.2, -0.15) is 5.10 Å². The molecule has 0 saturated heterocycles. The molecule has 0 unspecified atom stereocenters. The van der Waals surface area contributed by atoms with Crippen LogP contribution in [0.5, 0.6) is 11.5 Å². The Hall–Kier alpha value is -5.50. The molecule has 8 nitrogen and oxygen atoms in total. The van der Waals surface area contributed by atoms with Gasteiger partial charge < -0.3 is 14.5 Å². The van der Waals surface area contributed by atoms with Crippen LogP contribution in [-0.2, 0) is 6.61 Å². The molecule has 4 aromatic heterocycles. The SMILES string of the molecule is COc1cccc(-c2cccc3[nH]c(-c4n[nH]c5ccc(-c6cncc(OCc7ccccc7)c6)nc45)nc23)c1. The van der Waals surface area contributed by atoms with Crippen molar-refractivity contribution in [3.63, 3.8) is 0 Å². The van der Waals surface area contributed by atoms with Gasteiger partial charge in [-0.1, -0.05) is 54.6 Å². The first-order valence-corrected chi connectivity index (χ1v) is 12.9. The van der Waals surface area contributed by atoms with E-state index >= 15 is 0 Å². The number of hydrogen-bond acceptors (Lipinski definition) is 6. The van der Waals surface area contributed by atoms with E-state index in [9.17, 15) is 0 Å². The van der Waals surface area contributed by atoms with Crippen LogP contribution in [0.3, 0.4) is 0 Å². The van der Waals surface area contributed by atoms with Gasteiger partial charge in [0.05, 0.1) is 35.6 Å². The zero-order valence-corrected chi connectivity index (χ0v) is 21.6. The van der Waals surface area contributed by atoms with Crippen molar-refractivity contribution in [3.8, 4) is 45.4 Å². The van der Waals surface area contributed by atoms with Crippen LogP contribution in [0.4, 0.5) is 0 Å². The topological polar surface area (TPSA) is 102 Å². The molecule has 8 heteroatoms. The monoisotopic (exact) mass is 524 g/mol. The van der Waals surface area contributed by atoms with Crippen molar-refractivity contribution in [1.82, 2.24) is 30.1 Å². The molecule has 0 radical (unpaired) electrons. The van der Waals surface area contributed by atoms with Gasteiger partial charge in [0.1, 0.15) is 23.6 Å². The molecule has 2 N–H and O–H groups in total. The van der Waals surface area contributed by atoms with Crippen molar-refractivity contribution in [2.45, 2.75) is 6.61 Å². The summed E-state index contributed by atoms with van der Waals surface area (Å²) in [5.74, 6) is 2.11. The van der Waals surface area contributed by atoms with Crippen LogP contribution in [0, 0.1) is 0 Å². The van der Waals surface area contributed by atoms with E-state index in [2.05, 4.69) is 32.3 Å². The highest BCUT2D eigenvalue weighted by Crippen LogP contribution is 2.33.